The van der Waals surface area contributed by atoms with Crippen molar-refractivity contribution in [1.29, 1.82) is 0 Å². The van der Waals surface area contributed by atoms with Crippen molar-refractivity contribution in [3.8, 4) is 0 Å². The molecule has 1 aromatic carbocycles. The zero-order chi connectivity index (χ0) is 14.0. The molecular formula is C13H15IN2O3. The number of nitro benzene ring substituents is 1. The van der Waals surface area contributed by atoms with Gasteiger partial charge in [0.1, 0.15) is 11.5 Å². The van der Waals surface area contributed by atoms with Crippen molar-refractivity contribution < 1.29 is 9.72 Å². The monoisotopic (exact) mass is 374 g/mol. The molecule has 0 radical (unpaired) electrons. The van der Waals surface area contributed by atoms with Gasteiger partial charge in [0.05, 0.1) is 4.92 Å². The van der Waals surface area contributed by atoms with E-state index in [1.54, 1.807) is 19.1 Å². The first kappa shape index (κ1) is 14.2. The van der Waals surface area contributed by atoms with E-state index in [-0.39, 0.29) is 22.3 Å². The average Bonchev–Trinajstić information content (AvgIpc) is 2.38. The third-order valence-electron chi connectivity index (χ3n) is 3.54. The zero-order valence-corrected chi connectivity index (χ0v) is 12.8. The second-order valence-electron chi connectivity index (χ2n) is 4.76. The highest BCUT2D eigenvalue weighted by Gasteiger charge is 2.26. The maximum Gasteiger partial charge on any atom is 0.293 e. The maximum absolute atomic E-state index is 11.3. The van der Waals surface area contributed by atoms with E-state index in [1.165, 1.54) is 0 Å². The number of nitro groups is 1. The fourth-order valence-corrected chi connectivity index (χ4v) is 2.91. The molecule has 1 aliphatic heterocycles. The van der Waals surface area contributed by atoms with E-state index >= 15 is 0 Å². The number of ketones is 1. The molecule has 0 bridgehead atoms. The number of hydrogen-bond acceptors (Lipinski definition) is 4. The van der Waals surface area contributed by atoms with Gasteiger partial charge < -0.3 is 4.90 Å². The summed E-state index contributed by atoms with van der Waals surface area (Å²) in [6.07, 6.45) is 1.55. The Bertz CT molecular complexity index is 511. The molecule has 1 aliphatic rings. The Morgan fingerprint density at radius 1 is 1.42 bits per heavy atom. The molecule has 19 heavy (non-hydrogen) atoms. The normalized spacial score (nSPS) is 16.4. The third kappa shape index (κ3) is 3.23. The van der Waals surface area contributed by atoms with E-state index in [0.717, 1.165) is 16.4 Å². The number of nitrogens with zero attached hydrogens (tertiary/aromatic N) is 2. The molecule has 0 saturated carbocycles. The van der Waals surface area contributed by atoms with Gasteiger partial charge in [0.25, 0.3) is 5.69 Å². The summed E-state index contributed by atoms with van der Waals surface area (Å²) >= 11 is 2.07. The van der Waals surface area contributed by atoms with E-state index in [4.69, 9.17) is 0 Å². The number of carbonyl (C=O) groups is 1. The zero-order valence-electron chi connectivity index (χ0n) is 10.6. The summed E-state index contributed by atoms with van der Waals surface area (Å²) < 4.78 is 0.853. The fraction of sp³-hybridized carbons (Fsp3) is 0.462. The molecular weight excluding hydrogens is 359 g/mol. The lowest BCUT2D eigenvalue weighted by Gasteiger charge is -2.32. The topological polar surface area (TPSA) is 63.5 Å². The Balaban J connectivity index is 2.20. The number of hydrogen-bond donors (Lipinski definition) is 0. The van der Waals surface area contributed by atoms with Gasteiger partial charge in [-0.2, -0.15) is 0 Å². The largest absolute Gasteiger partial charge is 0.366 e. The fourth-order valence-electron chi connectivity index (χ4n) is 2.44. The van der Waals surface area contributed by atoms with E-state index < -0.39 is 0 Å². The summed E-state index contributed by atoms with van der Waals surface area (Å²) in [4.78, 5) is 24.1. The highest BCUT2D eigenvalue weighted by Crippen LogP contribution is 2.32. The van der Waals surface area contributed by atoms with Crippen LogP contribution in [0.2, 0.25) is 0 Å². The van der Waals surface area contributed by atoms with E-state index in [9.17, 15) is 14.9 Å². The summed E-state index contributed by atoms with van der Waals surface area (Å²) in [7, 11) is 0. The first-order chi connectivity index (χ1) is 8.99. The minimum atomic E-state index is -0.339. The average molecular weight is 374 g/mol. The molecule has 1 fully saturated rings. The van der Waals surface area contributed by atoms with Crippen molar-refractivity contribution in [2.45, 2.75) is 19.8 Å². The van der Waals surface area contributed by atoms with Crippen LogP contribution in [0.5, 0.6) is 0 Å². The van der Waals surface area contributed by atoms with Gasteiger partial charge in [0, 0.05) is 28.6 Å². The lowest BCUT2D eigenvalue weighted by molar-refractivity contribution is -0.384. The number of Topliss-reactive ketones (excluding diaryl/α,β-unsaturated/α-hetero) is 1. The van der Waals surface area contributed by atoms with Crippen LogP contribution < -0.4 is 4.90 Å². The summed E-state index contributed by atoms with van der Waals surface area (Å²) in [6, 6.07) is 5.26. The number of benzene rings is 1. The molecule has 0 spiro atoms. The van der Waals surface area contributed by atoms with Gasteiger partial charge in [-0.1, -0.05) is 0 Å². The van der Waals surface area contributed by atoms with Crippen LogP contribution in [0, 0.1) is 19.6 Å². The molecule has 5 nitrogen and oxygen atoms in total. The lowest BCUT2D eigenvalue weighted by atomic mass is 9.93. The predicted octanol–water partition coefficient (Wildman–Crippen LogP) is 3.00. The molecule has 6 heteroatoms. The summed E-state index contributed by atoms with van der Waals surface area (Å²) in [5.74, 6) is 0.330. The van der Waals surface area contributed by atoms with Crippen molar-refractivity contribution in [3.05, 3.63) is 31.9 Å². The van der Waals surface area contributed by atoms with Gasteiger partial charge in [-0.15, -0.1) is 0 Å². The van der Waals surface area contributed by atoms with Crippen molar-refractivity contribution in [2.75, 3.05) is 18.0 Å². The van der Waals surface area contributed by atoms with Crippen molar-refractivity contribution >= 4 is 39.7 Å². The molecule has 1 saturated heterocycles. The lowest BCUT2D eigenvalue weighted by Crippen LogP contribution is -2.36. The van der Waals surface area contributed by atoms with Crippen LogP contribution in [0.15, 0.2) is 18.2 Å². The Kier molecular flexibility index (Phi) is 4.38. The summed E-state index contributed by atoms with van der Waals surface area (Å²) in [6.45, 7) is 3.02. The Morgan fingerprint density at radius 3 is 2.58 bits per heavy atom. The van der Waals surface area contributed by atoms with Crippen molar-refractivity contribution in [3.63, 3.8) is 0 Å². The molecule has 0 atom stereocenters. The summed E-state index contributed by atoms with van der Waals surface area (Å²) in [5, 5.41) is 11.1. The Labute approximate surface area is 125 Å². The van der Waals surface area contributed by atoms with E-state index in [0.29, 0.717) is 18.8 Å². The number of carbonyl (C=O) groups excluding carboxylic acids is 1. The molecule has 0 aromatic heterocycles. The second kappa shape index (κ2) is 5.85. The van der Waals surface area contributed by atoms with E-state index in [2.05, 4.69) is 22.6 Å². The molecule has 0 unspecified atom stereocenters. The first-order valence-electron chi connectivity index (χ1n) is 6.18. The van der Waals surface area contributed by atoms with Gasteiger partial charge in [0.15, 0.2) is 0 Å². The number of anilines is 1. The number of piperidine rings is 1. The third-order valence-corrected chi connectivity index (χ3v) is 4.22. The van der Waals surface area contributed by atoms with Gasteiger partial charge >= 0.3 is 0 Å². The Hall–Kier alpha value is -1.18. The van der Waals surface area contributed by atoms with Crippen LogP contribution in [-0.4, -0.2) is 23.8 Å². The molecule has 2 rings (SSSR count). The van der Waals surface area contributed by atoms with E-state index in [1.807, 2.05) is 11.0 Å². The van der Waals surface area contributed by atoms with Gasteiger partial charge in [-0.05, 0) is 54.5 Å². The van der Waals surface area contributed by atoms with Crippen LogP contribution in [0.4, 0.5) is 11.4 Å². The predicted molar refractivity (Wildman–Crippen MR) is 81.4 cm³/mol. The molecule has 0 amide bonds. The SMILES string of the molecule is CC(=O)C1CCN(c2ccc(I)cc2[N+](=O)[O-])CC1. The Morgan fingerprint density at radius 2 is 2.05 bits per heavy atom. The molecule has 0 aliphatic carbocycles. The molecule has 102 valence electrons. The molecule has 1 heterocycles. The second-order valence-corrected chi connectivity index (χ2v) is 6.01. The molecule has 0 N–H and O–H groups in total. The summed E-state index contributed by atoms with van der Waals surface area (Å²) in [5.41, 5.74) is 0.806. The maximum atomic E-state index is 11.3. The standard InChI is InChI=1S/C13H15IN2O3/c1-9(17)10-4-6-15(7-5-10)12-3-2-11(14)8-13(12)16(18)19/h2-3,8,10H,4-7H2,1H3. The van der Waals surface area contributed by atoms with Crippen LogP contribution >= 0.6 is 22.6 Å². The van der Waals surface area contributed by atoms with Crippen LogP contribution in [0.25, 0.3) is 0 Å². The van der Waals surface area contributed by atoms with Gasteiger partial charge in [-0.25, -0.2) is 0 Å². The van der Waals surface area contributed by atoms with Gasteiger partial charge in [0.2, 0.25) is 0 Å². The van der Waals surface area contributed by atoms with Gasteiger partial charge in [-0.3, -0.25) is 14.9 Å². The first-order valence-corrected chi connectivity index (χ1v) is 7.26. The highest BCUT2D eigenvalue weighted by atomic mass is 127. The van der Waals surface area contributed by atoms with Crippen LogP contribution in [0.1, 0.15) is 19.8 Å². The highest BCUT2D eigenvalue weighted by molar-refractivity contribution is 14.1. The molecule has 1 aromatic rings. The van der Waals surface area contributed by atoms with Crippen molar-refractivity contribution in [1.82, 2.24) is 0 Å². The van der Waals surface area contributed by atoms with Crippen LogP contribution in [-0.2, 0) is 4.79 Å². The number of rotatable bonds is 3. The number of halogens is 1. The smallest absolute Gasteiger partial charge is 0.293 e. The van der Waals surface area contributed by atoms with Crippen LogP contribution in [0.3, 0.4) is 0 Å². The quantitative estimate of drug-likeness (QED) is 0.464. The minimum absolute atomic E-state index is 0.110. The van der Waals surface area contributed by atoms with Crippen molar-refractivity contribution in [2.24, 2.45) is 5.92 Å². The minimum Gasteiger partial charge on any atom is -0.366 e.